The number of likely N-dealkylation sites (N-methyl/N-ethyl adjacent to an activating group) is 1. The Hall–Kier alpha value is -2.57. The van der Waals surface area contributed by atoms with Crippen molar-refractivity contribution < 1.29 is 19.1 Å². The number of carbonyl (C=O) groups is 3. The van der Waals surface area contributed by atoms with Crippen LogP contribution in [-0.4, -0.2) is 65.0 Å². The van der Waals surface area contributed by atoms with Crippen molar-refractivity contribution in [1.82, 2.24) is 14.7 Å². The summed E-state index contributed by atoms with van der Waals surface area (Å²) in [5, 5.41) is 0. The maximum atomic E-state index is 12.6. The van der Waals surface area contributed by atoms with Gasteiger partial charge in [0.1, 0.15) is 18.8 Å². The lowest BCUT2D eigenvalue weighted by molar-refractivity contribution is -0.169. The molecule has 0 spiro atoms. The number of amides is 3. The van der Waals surface area contributed by atoms with Crippen molar-refractivity contribution in [3.63, 3.8) is 0 Å². The summed E-state index contributed by atoms with van der Waals surface area (Å²) in [6.45, 7) is 4.24. The first-order chi connectivity index (χ1) is 11.9. The van der Waals surface area contributed by atoms with Crippen molar-refractivity contribution in [3.8, 4) is 0 Å². The smallest absolute Gasteiger partial charge is 0.411 e. The van der Waals surface area contributed by atoms with Gasteiger partial charge in [0.05, 0.1) is 12.5 Å². The molecule has 3 rings (SSSR count). The minimum Gasteiger partial charge on any atom is -0.444 e. The van der Waals surface area contributed by atoms with Crippen LogP contribution in [0.3, 0.4) is 0 Å². The fourth-order valence-electron chi connectivity index (χ4n) is 3.45. The van der Waals surface area contributed by atoms with Gasteiger partial charge in [-0.1, -0.05) is 37.3 Å². The van der Waals surface area contributed by atoms with Crippen LogP contribution >= 0.6 is 0 Å². The first-order valence-electron chi connectivity index (χ1n) is 8.44. The Balaban J connectivity index is 1.76. The van der Waals surface area contributed by atoms with Crippen molar-refractivity contribution in [1.29, 1.82) is 0 Å². The van der Waals surface area contributed by atoms with Crippen LogP contribution < -0.4 is 0 Å². The molecule has 1 aromatic rings. The van der Waals surface area contributed by atoms with Gasteiger partial charge in [-0.3, -0.25) is 14.5 Å². The highest BCUT2D eigenvalue weighted by Gasteiger charge is 2.48. The first-order valence-corrected chi connectivity index (χ1v) is 8.44. The molecule has 134 valence electrons. The van der Waals surface area contributed by atoms with Crippen LogP contribution in [0.15, 0.2) is 30.3 Å². The van der Waals surface area contributed by atoms with Crippen molar-refractivity contribution in [2.75, 3.05) is 20.1 Å². The maximum absolute atomic E-state index is 12.6. The number of benzene rings is 1. The predicted octanol–water partition coefficient (Wildman–Crippen LogP) is 1.29. The molecule has 2 fully saturated rings. The van der Waals surface area contributed by atoms with E-state index >= 15 is 0 Å². The van der Waals surface area contributed by atoms with Crippen LogP contribution in [-0.2, 0) is 20.9 Å². The Morgan fingerprint density at radius 2 is 1.80 bits per heavy atom. The average molecular weight is 345 g/mol. The van der Waals surface area contributed by atoms with Crippen LogP contribution in [0.25, 0.3) is 0 Å². The molecule has 2 heterocycles. The number of ether oxygens (including phenoxy) is 1. The van der Waals surface area contributed by atoms with Gasteiger partial charge in [0.2, 0.25) is 11.8 Å². The van der Waals surface area contributed by atoms with E-state index in [1.54, 1.807) is 30.7 Å². The lowest BCUT2D eigenvalue weighted by atomic mass is 10.00. The molecule has 0 unspecified atom stereocenters. The second kappa shape index (κ2) is 6.74. The molecule has 7 nitrogen and oxygen atoms in total. The van der Waals surface area contributed by atoms with Crippen LogP contribution in [0.5, 0.6) is 0 Å². The van der Waals surface area contributed by atoms with E-state index in [0.717, 1.165) is 5.56 Å². The summed E-state index contributed by atoms with van der Waals surface area (Å²) in [7, 11) is 1.69. The predicted molar refractivity (Wildman–Crippen MR) is 90.2 cm³/mol. The quantitative estimate of drug-likeness (QED) is 0.810. The molecule has 2 saturated heterocycles. The Morgan fingerprint density at radius 3 is 2.48 bits per heavy atom. The van der Waals surface area contributed by atoms with Crippen molar-refractivity contribution in [3.05, 3.63) is 35.9 Å². The third-order valence-corrected chi connectivity index (χ3v) is 4.86. The summed E-state index contributed by atoms with van der Waals surface area (Å²) >= 11 is 0. The molecular formula is C18H23N3O4. The molecule has 0 bridgehead atoms. The molecule has 25 heavy (non-hydrogen) atoms. The van der Waals surface area contributed by atoms with E-state index in [1.807, 2.05) is 30.3 Å². The molecular weight excluding hydrogens is 322 g/mol. The van der Waals surface area contributed by atoms with Gasteiger partial charge in [-0.2, -0.15) is 0 Å². The molecule has 0 aliphatic carbocycles. The van der Waals surface area contributed by atoms with Gasteiger partial charge in [0.25, 0.3) is 0 Å². The minimum atomic E-state index is -0.580. The fourth-order valence-corrected chi connectivity index (χ4v) is 3.45. The van der Waals surface area contributed by atoms with Crippen LogP contribution in [0.1, 0.15) is 19.4 Å². The second-order valence-electron chi connectivity index (χ2n) is 6.71. The maximum Gasteiger partial charge on any atom is 0.411 e. The fraction of sp³-hybridized carbons (Fsp3) is 0.500. The molecule has 0 saturated carbocycles. The number of carbonyl (C=O) groups excluding carboxylic acids is 3. The monoisotopic (exact) mass is 345 g/mol. The molecule has 3 atom stereocenters. The lowest BCUT2D eigenvalue weighted by Gasteiger charge is -2.51. The molecule has 2 aliphatic rings. The normalized spacial score (nSPS) is 26.5. The lowest BCUT2D eigenvalue weighted by Crippen LogP contribution is -2.71. The zero-order valence-electron chi connectivity index (χ0n) is 14.7. The Kier molecular flexibility index (Phi) is 4.65. The van der Waals surface area contributed by atoms with Crippen LogP contribution in [0.2, 0.25) is 0 Å². The summed E-state index contributed by atoms with van der Waals surface area (Å²) in [5.41, 5.74) is 0.901. The first kappa shape index (κ1) is 17.3. The van der Waals surface area contributed by atoms with E-state index in [2.05, 4.69) is 0 Å². The second-order valence-corrected chi connectivity index (χ2v) is 6.71. The van der Waals surface area contributed by atoms with Crippen molar-refractivity contribution in [2.24, 2.45) is 5.92 Å². The SMILES string of the molecule is C[C@H]1CN(C(=O)OCc2ccccc2)[C@H]2CN(C)C(=O)[C@H](C)N2C1=O. The third-order valence-electron chi connectivity index (χ3n) is 4.86. The zero-order chi connectivity index (χ0) is 18.1. The topological polar surface area (TPSA) is 70.2 Å². The van der Waals surface area contributed by atoms with E-state index in [4.69, 9.17) is 4.74 Å². The molecule has 7 heteroatoms. The summed E-state index contributed by atoms with van der Waals surface area (Å²) in [4.78, 5) is 42.1. The zero-order valence-corrected chi connectivity index (χ0v) is 14.7. The number of rotatable bonds is 2. The van der Waals surface area contributed by atoms with Gasteiger partial charge in [0.15, 0.2) is 0 Å². The van der Waals surface area contributed by atoms with E-state index < -0.39 is 18.3 Å². The van der Waals surface area contributed by atoms with Crippen LogP contribution in [0, 0.1) is 5.92 Å². The van der Waals surface area contributed by atoms with Gasteiger partial charge in [-0.25, -0.2) is 4.79 Å². The summed E-state index contributed by atoms with van der Waals surface area (Å²) in [6, 6.07) is 8.86. The van der Waals surface area contributed by atoms with Gasteiger partial charge in [-0.05, 0) is 12.5 Å². The third kappa shape index (κ3) is 3.18. The standard InChI is InChI=1S/C18H23N3O4/c1-12-9-20(18(24)25-11-14-7-5-4-6-8-14)15-10-19(3)17(23)13(2)21(15)16(12)22/h4-8,12-13,15H,9-11H2,1-3H3/t12-,13-,15+/m0/s1. The van der Waals surface area contributed by atoms with E-state index in [9.17, 15) is 14.4 Å². The van der Waals surface area contributed by atoms with Gasteiger partial charge in [0, 0.05) is 13.6 Å². The summed E-state index contributed by atoms with van der Waals surface area (Å²) < 4.78 is 5.44. The van der Waals surface area contributed by atoms with E-state index in [-0.39, 0.29) is 24.3 Å². The minimum absolute atomic E-state index is 0.0916. The van der Waals surface area contributed by atoms with E-state index in [0.29, 0.717) is 13.1 Å². The Labute approximate surface area is 147 Å². The highest BCUT2D eigenvalue weighted by molar-refractivity contribution is 5.91. The average Bonchev–Trinajstić information content (AvgIpc) is 2.61. The highest BCUT2D eigenvalue weighted by atomic mass is 16.6. The van der Waals surface area contributed by atoms with Gasteiger partial charge in [-0.15, -0.1) is 0 Å². The molecule has 1 aromatic carbocycles. The van der Waals surface area contributed by atoms with Crippen molar-refractivity contribution in [2.45, 2.75) is 32.7 Å². The van der Waals surface area contributed by atoms with Gasteiger partial charge >= 0.3 is 6.09 Å². The Morgan fingerprint density at radius 1 is 1.12 bits per heavy atom. The van der Waals surface area contributed by atoms with Gasteiger partial charge < -0.3 is 14.5 Å². The summed E-state index contributed by atoms with van der Waals surface area (Å²) in [6.07, 6.45) is -0.946. The molecule has 3 amide bonds. The van der Waals surface area contributed by atoms with Crippen molar-refractivity contribution >= 4 is 17.9 Å². The molecule has 2 aliphatic heterocycles. The molecule has 0 aromatic heterocycles. The van der Waals surface area contributed by atoms with Crippen LogP contribution in [0.4, 0.5) is 4.79 Å². The number of hydrogen-bond donors (Lipinski definition) is 0. The number of nitrogens with zero attached hydrogens (tertiary/aromatic N) is 3. The number of hydrogen-bond acceptors (Lipinski definition) is 4. The van der Waals surface area contributed by atoms with E-state index in [1.165, 1.54) is 4.90 Å². The molecule has 0 N–H and O–H groups in total. The Bertz CT molecular complexity index is 678. The number of fused-ring (bicyclic) bond motifs is 1. The largest absolute Gasteiger partial charge is 0.444 e. The molecule has 0 radical (unpaired) electrons. The highest BCUT2D eigenvalue weighted by Crippen LogP contribution is 2.27. The summed E-state index contributed by atoms with van der Waals surface area (Å²) in [5.74, 6) is -0.568. The number of piperazine rings is 1.